The van der Waals surface area contributed by atoms with Crippen LogP contribution < -0.4 is 4.74 Å². The highest BCUT2D eigenvalue weighted by atomic mass is 16.5. The molecule has 1 aromatic heterocycles. The van der Waals surface area contributed by atoms with Crippen LogP contribution in [-0.4, -0.2) is 7.11 Å². The maximum Gasteiger partial charge on any atom is 0.364 e. The molecule has 3 aromatic rings. The van der Waals surface area contributed by atoms with Crippen molar-refractivity contribution in [3.63, 3.8) is 0 Å². The maximum absolute atomic E-state index is 6.34. The van der Waals surface area contributed by atoms with Gasteiger partial charge in [-0.1, -0.05) is 24.3 Å². The fraction of sp³-hybridized carbons (Fsp3) is 0.227. The molecule has 24 heavy (non-hydrogen) atoms. The van der Waals surface area contributed by atoms with Gasteiger partial charge in [0.1, 0.15) is 5.75 Å². The Hall–Kier alpha value is -2.61. The minimum Gasteiger partial charge on any atom is -0.497 e. The summed E-state index contributed by atoms with van der Waals surface area (Å²) in [5, 5.41) is 1.23. The number of methoxy groups -OCH3 is 1. The van der Waals surface area contributed by atoms with Gasteiger partial charge in [0.05, 0.1) is 23.6 Å². The lowest BCUT2D eigenvalue weighted by Crippen LogP contribution is -2.08. The quantitative estimate of drug-likeness (QED) is 0.462. The van der Waals surface area contributed by atoms with Crippen molar-refractivity contribution in [1.29, 1.82) is 0 Å². The lowest BCUT2D eigenvalue weighted by atomic mass is 9.85. The predicted octanol–water partition coefficient (Wildman–Crippen LogP) is 5.61. The van der Waals surface area contributed by atoms with Crippen molar-refractivity contribution < 1.29 is 9.15 Å². The van der Waals surface area contributed by atoms with Crippen LogP contribution in [0.4, 0.5) is 0 Å². The highest BCUT2D eigenvalue weighted by molar-refractivity contribution is 5.86. The molecule has 2 nitrogen and oxygen atoms in total. The van der Waals surface area contributed by atoms with Gasteiger partial charge < -0.3 is 4.74 Å². The molecule has 0 radical (unpaired) electrons. The fourth-order valence-corrected chi connectivity index (χ4v) is 3.61. The van der Waals surface area contributed by atoms with Crippen LogP contribution in [0, 0.1) is 0 Å². The van der Waals surface area contributed by atoms with Crippen LogP contribution in [0.3, 0.4) is 0 Å². The summed E-state index contributed by atoms with van der Waals surface area (Å²) >= 11 is 0. The molecule has 1 aliphatic carbocycles. The first-order valence-electron chi connectivity index (χ1n) is 8.47. The number of para-hydroxylation sites is 1. The zero-order chi connectivity index (χ0) is 16.5. The van der Waals surface area contributed by atoms with Crippen molar-refractivity contribution in [2.45, 2.75) is 26.2 Å². The van der Waals surface area contributed by atoms with Gasteiger partial charge in [0.2, 0.25) is 0 Å². The second-order valence-corrected chi connectivity index (χ2v) is 6.18. The lowest BCUT2D eigenvalue weighted by molar-refractivity contribution is 0.414. The number of rotatable bonds is 3. The molecule has 0 atom stereocenters. The lowest BCUT2D eigenvalue weighted by Gasteiger charge is -2.17. The minimum atomic E-state index is 0.909. The van der Waals surface area contributed by atoms with Gasteiger partial charge in [-0.05, 0) is 61.6 Å². The van der Waals surface area contributed by atoms with Gasteiger partial charge in [-0.2, -0.15) is 0 Å². The van der Waals surface area contributed by atoms with E-state index in [2.05, 4.69) is 49.4 Å². The molecule has 0 bridgehead atoms. The summed E-state index contributed by atoms with van der Waals surface area (Å²) in [5.41, 5.74) is 6.21. The number of hydrogen-bond acceptors (Lipinski definition) is 1. The SMILES string of the molecule is C/C=C/Cc1c2c([o+]c3ccccc13)-c1ccc(OC)cc1CC2. The third-order valence-electron chi connectivity index (χ3n) is 4.82. The van der Waals surface area contributed by atoms with E-state index in [-0.39, 0.29) is 0 Å². The van der Waals surface area contributed by atoms with Crippen LogP contribution in [0.15, 0.2) is 59.0 Å². The van der Waals surface area contributed by atoms with Gasteiger partial charge in [-0.25, -0.2) is 4.42 Å². The average molecular weight is 317 g/mol. The van der Waals surface area contributed by atoms with Gasteiger partial charge in [0, 0.05) is 6.07 Å². The summed E-state index contributed by atoms with van der Waals surface area (Å²) < 4.78 is 11.7. The Balaban J connectivity index is 1.99. The van der Waals surface area contributed by atoms with Crippen LogP contribution in [0.25, 0.3) is 22.3 Å². The molecule has 0 aliphatic heterocycles. The van der Waals surface area contributed by atoms with Gasteiger partial charge in [0.15, 0.2) is 0 Å². The number of aryl methyl sites for hydroxylation is 1. The minimum absolute atomic E-state index is 0.909. The first-order valence-corrected chi connectivity index (χ1v) is 8.47. The van der Waals surface area contributed by atoms with E-state index in [1.165, 1.54) is 27.6 Å². The Morgan fingerprint density at radius 1 is 1.12 bits per heavy atom. The normalized spacial score (nSPS) is 13.1. The van der Waals surface area contributed by atoms with Crippen molar-refractivity contribution in [1.82, 2.24) is 0 Å². The van der Waals surface area contributed by atoms with Crippen LogP contribution in [0.5, 0.6) is 5.75 Å². The van der Waals surface area contributed by atoms with Crippen LogP contribution in [-0.2, 0) is 19.3 Å². The number of ether oxygens (including phenoxy) is 1. The third-order valence-corrected chi connectivity index (χ3v) is 4.82. The van der Waals surface area contributed by atoms with Crippen molar-refractivity contribution in [2.24, 2.45) is 0 Å². The number of allylic oxidation sites excluding steroid dienone is 2. The topological polar surface area (TPSA) is 20.5 Å². The van der Waals surface area contributed by atoms with Crippen molar-refractivity contribution in [3.8, 4) is 17.1 Å². The maximum atomic E-state index is 6.34. The Bertz CT molecular complexity index is 938. The molecule has 0 N–H and O–H groups in total. The standard InChI is InChI=1S/C22H21O2/c1-3-4-7-18-19-8-5-6-9-21(19)24-22-17-13-11-16(23-2)14-15(17)10-12-20(18)22/h3-6,8-9,11,13-14H,7,10,12H2,1-2H3/q+1/b4-3+. The van der Waals surface area contributed by atoms with Crippen LogP contribution in [0.1, 0.15) is 23.6 Å². The smallest absolute Gasteiger partial charge is 0.364 e. The molecule has 2 heteroatoms. The Labute approximate surface area is 142 Å². The van der Waals surface area contributed by atoms with E-state index in [1.807, 2.05) is 12.1 Å². The zero-order valence-electron chi connectivity index (χ0n) is 14.1. The van der Waals surface area contributed by atoms with Crippen molar-refractivity contribution in [2.75, 3.05) is 7.11 Å². The fourth-order valence-electron chi connectivity index (χ4n) is 3.61. The van der Waals surface area contributed by atoms with Gasteiger partial charge >= 0.3 is 11.3 Å². The number of hydrogen-bond donors (Lipinski definition) is 0. The molecule has 0 unspecified atom stereocenters. The van der Waals surface area contributed by atoms with Crippen LogP contribution >= 0.6 is 0 Å². The van der Waals surface area contributed by atoms with Crippen molar-refractivity contribution >= 4 is 11.0 Å². The van der Waals surface area contributed by atoms with E-state index >= 15 is 0 Å². The second kappa shape index (κ2) is 6.12. The van der Waals surface area contributed by atoms with E-state index in [0.717, 1.165) is 36.4 Å². The largest absolute Gasteiger partial charge is 0.497 e. The molecule has 2 aromatic carbocycles. The van der Waals surface area contributed by atoms with Gasteiger partial charge in [-0.15, -0.1) is 0 Å². The predicted molar refractivity (Wildman–Crippen MR) is 98.5 cm³/mol. The highest BCUT2D eigenvalue weighted by Crippen LogP contribution is 2.40. The highest BCUT2D eigenvalue weighted by Gasteiger charge is 2.31. The molecular formula is C22H21O2+. The first kappa shape index (κ1) is 14.9. The molecule has 0 saturated heterocycles. The van der Waals surface area contributed by atoms with Crippen LogP contribution in [0.2, 0.25) is 0 Å². The number of fused-ring (bicyclic) bond motifs is 4. The molecule has 0 spiro atoms. The summed E-state index contributed by atoms with van der Waals surface area (Å²) in [6, 6.07) is 14.6. The molecule has 0 saturated carbocycles. The van der Waals surface area contributed by atoms with E-state index < -0.39 is 0 Å². The number of benzene rings is 2. The second-order valence-electron chi connectivity index (χ2n) is 6.18. The molecule has 120 valence electrons. The van der Waals surface area contributed by atoms with E-state index in [9.17, 15) is 0 Å². The average Bonchev–Trinajstić information content (AvgIpc) is 2.64. The zero-order valence-corrected chi connectivity index (χ0v) is 14.1. The summed E-state index contributed by atoms with van der Waals surface area (Å²) in [7, 11) is 1.71. The van der Waals surface area contributed by atoms with E-state index in [0.29, 0.717) is 0 Å². The van der Waals surface area contributed by atoms with Gasteiger partial charge in [-0.3, -0.25) is 0 Å². The summed E-state index contributed by atoms with van der Waals surface area (Å²) in [5.74, 6) is 1.93. The summed E-state index contributed by atoms with van der Waals surface area (Å²) in [4.78, 5) is 0. The van der Waals surface area contributed by atoms with Crippen molar-refractivity contribution in [3.05, 3.63) is 71.3 Å². The summed E-state index contributed by atoms with van der Waals surface area (Å²) in [6.07, 6.45) is 7.33. The van der Waals surface area contributed by atoms with E-state index in [1.54, 1.807) is 7.11 Å². The summed E-state index contributed by atoms with van der Waals surface area (Å²) in [6.45, 7) is 2.07. The monoisotopic (exact) mass is 317 g/mol. The molecule has 0 fully saturated rings. The Morgan fingerprint density at radius 2 is 2.00 bits per heavy atom. The molecular weight excluding hydrogens is 296 g/mol. The van der Waals surface area contributed by atoms with Gasteiger partial charge in [0.25, 0.3) is 0 Å². The Morgan fingerprint density at radius 3 is 2.83 bits per heavy atom. The van der Waals surface area contributed by atoms with E-state index in [4.69, 9.17) is 9.15 Å². The molecule has 1 heterocycles. The third kappa shape index (κ3) is 2.39. The molecule has 4 rings (SSSR count). The first-order chi connectivity index (χ1) is 11.8. The molecule has 0 amide bonds. The Kier molecular flexibility index (Phi) is 3.81. The molecule has 1 aliphatic rings.